The summed E-state index contributed by atoms with van der Waals surface area (Å²) >= 11 is 0. The predicted molar refractivity (Wildman–Crippen MR) is 70.2 cm³/mol. The van der Waals surface area contributed by atoms with Crippen molar-refractivity contribution in [3.8, 4) is 0 Å². The summed E-state index contributed by atoms with van der Waals surface area (Å²) in [5.74, 6) is -0.232. The van der Waals surface area contributed by atoms with Crippen LogP contribution in [0, 0.1) is 0 Å². The highest BCUT2D eigenvalue weighted by Gasteiger charge is 2.29. The van der Waals surface area contributed by atoms with Gasteiger partial charge in [-0.1, -0.05) is 6.58 Å². The van der Waals surface area contributed by atoms with Crippen molar-refractivity contribution in [3.63, 3.8) is 0 Å². The maximum atomic E-state index is 11.8. The molecule has 0 aromatic heterocycles. The van der Waals surface area contributed by atoms with Gasteiger partial charge in [0.25, 0.3) is 5.91 Å². The Hall–Kier alpha value is -0.480. The lowest BCUT2D eigenvalue weighted by Crippen LogP contribution is -2.31. The highest BCUT2D eigenvalue weighted by atomic mass is 31.2. The van der Waals surface area contributed by atoms with Gasteiger partial charge in [0.2, 0.25) is 0 Å². The number of carbonyl (C=O) groups excluding carboxylic acids is 1. The molecule has 0 saturated carbocycles. The average molecular weight is 246 g/mol. The second kappa shape index (κ2) is 5.73. The maximum Gasteiger partial charge on any atom is 0.274 e. The molecule has 0 aromatic carbocycles. The molecule has 0 atom stereocenters. The van der Waals surface area contributed by atoms with Crippen LogP contribution < -0.4 is 0 Å². The fraction of sp³-hybridized carbons (Fsp3) is 0.700. The van der Waals surface area contributed by atoms with Crippen LogP contribution in [0.25, 0.3) is 0 Å². The first-order chi connectivity index (χ1) is 7.16. The van der Waals surface area contributed by atoms with Gasteiger partial charge in [-0.3, -0.25) is 18.8 Å². The normalized spacial score (nSPS) is 12.4. The van der Waals surface area contributed by atoms with Gasteiger partial charge in [-0.05, 0) is 49.2 Å². The molecule has 0 aliphatic heterocycles. The van der Waals surface area contributed by atoms with Gasteiger partial charge in [0.1, 0.15) is 0 Å². The molecule has 94 valence electrons. The summed E-state index contributed by atoms with van der Waals surface area (Å²) in [5, 5.41) is 0. The lowest BCUT2D eigenvalue weighted by Gasteiger charge is -2.40. The zero-order valence-corrected chi connectivity index (χ0v) is 12.2. The van der Waals surface area contributed by atoms with Crippen molar-refractivity contribution < 1.29 is 4.79 Å². The van der Waals surface area contributed by atoms with Gasteiger partial charge in [-0.25, -0.2) is 0 Å². The molecule has 0 N–H and O–H groups in total. The van der Waals surface area contributed by atoms with Crippen LogP contribution in [0.5, 0.6) is 0 Å². The Labute approximate surface area is 98.9 Å². The number of hydrogen-bond donors (Lipinski definition) is 0. The number of amides is 1. The van der Waals surface area contributed by atoms with E-state index in [1.807, 2.05) is 56.3 Å². The zero-order valence-electron chi connectivity index (χ0n) is 11.4. The Balaban J connectivity index is 5.72. The molecule has 0 heterocycles. The van der Waals surface area contributed by atoms with Crippen LogP contribution in [0.2, 0.25) is 0 Å². The van der Waals surface area contributed by atoms with E-state index >= 15 is 0 Å². The smallest absolute Gasteiger partial charge is 0.267 e. The van der Waals surface area contributed by atoms with Crippen molar-refractivity contribution in [2.45, 2.75) is 6.92 Å². The number of nitrogens with zero attached hydrogens (tertiary/aromatic N) is 4. The van der Waals surface area contributed by atoms with Gasteiger partial charge in [0.05, 0.1) is 0 Å². The molecule has 0 saturated heterocycles. The fourth-order valence-electron chi connectivity index (χ4n) is 1.55. The molecule has 0 aromatic rings. The van der Waals surface area contributed by atoms with E-state index in [0.717, 1.165) is 0 Å². The third-order valence-corrected chi connectivity index (χ3v) is 5.87. The van der Waals surface area contributed by atoms with Gasteiger partial charge in [-0.2, -0.15) is 4.74 Å². The molecule has 0 aliphatic rings. The fourth-order valence-corrected chi connectivity index (χ4v) is 4.65. The van der Waals surface area contributed by atoms with E-state index in [9.17, 15) is 4.79 Å². The summed E-state index contributed by atoms with van der Waals surface area (Å²) in [7, 11) is 9.49. The Bertz CT molecular complexity index is 305. The van der Waals surface area contributed by atoms with Crippen LogP contribution in [0.1, 0.15) is 6.92 Å². The van der Waals surface area contributed by atoms with Gasteiger partial charge in [-0.15, -0.1) is 0 Å². The van der Waals surface area contributed by atoms with Crippen LogP contribution in [-0.4, -0.2) is 62.2 Å². The molecule has 0 bridgehead atoms. The molecule has 0 spiro atoms. The lowest BCUT2D eigenvalue weighted by molar-refractivity contribution is -0.114. The van der Waals surface area contributed by atoms with Gasteiger partial charge >= 0.3 is 0 Å². The molecule has 0 aliphatic carbocycles. The third-order valence-electron chi connectivity index (χ3n) is 2.20. The highest BCUT2D eigenvalue weighted by Crippen LogP contribution is 2.54. The minimum Gasteiger partial charge on any atom is -0.267 e. The molecule has 1 amide bonds. The molecule has 0 unspecified atom stereocenters. The van der Waals surface area contributed by atoms with Crippen LogP contribution in [0.15, 0.2) is 16.9 Å². The van der Waals surface area contributed by atoms with E-state index in [0.29, 0.717) is 5.57 Å². The van der Waals surface area contributed by atoms with E-state index in [-0.39, 0.29) is 5.91 Å². The minimum atomic E-state index is -2.11. The topological polar surface area (TPSA) is 39.2 Å². The Morgan fingerprint density at radius 2 is 1.31 bits per heavy atom. The quantitative estimate of drug-likeness (QED) is 0.559. The summed E-state index contributed by atoms with van der Waals surface area (Å²) < 4.78 is 10.3. The van der Waals surface area contributed by atoms with E-state index in [1.165, 1.54) is 0 Å². The van der Waals surface area contributed by atoms with Gasteiger partial charge in [0, 0.05) is 5.57 Å². The predicted octanol–water partition coefficient (Wildman–Crippen LogP) is 1.72. The highest BCUT2D eigenvalue weighted by molar-refractivity contribution is 7.59. The van der Waals surface area contributed by atoms with Crippen molar-refractivity contribution >= 4 is 13.4 Å². The number of carbonyl (C=O) groups is 1. The molecular formula is C10H23N4OP. The summed E-state index contributed by atoms with van der Waals surface area (Å²) in [6, 6.07) is 0. The minimum absolute atomic E-state index is 0.232. The van der Waals surface area contributed by atoms with Crippen molar-refractivity contribution in [1.82, 2.24) is 14.0 Å². The van der Waals surface area contributed by atoms with Gasteiger partial charge < -0.3 is 0 Å². The Morgan fingerprint density at radius 3 is 1.50 bits per heavy atom. The average Bonchev–Trinajstić information content (AvgIpc) is 2.11. The zero-order chi connectivity index (χ0) is 13.1. The SMILES string of the molecule is C=C(C)C(=O)N=P(N(C)C)(N(C)C)N(C)C. The Kier molecular flexibility index (Phi) is 5.56. The van der Waals surface area contributed by atoms with Gasteiger partial charge in [0.15, 0.2) is 7.51 Å². The Morgan fingerprint density at radius 1 is 1.00 bits per heavy atom. The molecular weight excluding hydrogens is 223 g/mol. The lowest BCUT2D eigenvalue weighted by atomic mass is 10.3. The van der Waals surface area contributed by atoms with E-state index in [4.69, 9.17) is 0 Å². The first-order valence-electron chi connectivity index (χ1n) is 5.01. The number of hydrogen-bond acceptors (Lipinski definition) is 1. The summed E-state index contributed by atoms with van der Waals surface area (Å²) in [4.78, 5) is 11.8. The second-order valence-electron chi connectivity index (χ2n) is 4.26. The van der Waals surface area contributed by atoms with Crippen molar-refractivity contribution in [2.24, 2.45) is 4.74 Å². The third kappa shape index (κ3) is 3.01. The molecule has 0 fully saturated rings. The van der Waals surface area contributed by atoms with Crippen LogP contribution in [0.4, 0.5) is 0 Å². The number of rotatable bonds is 4. The summed E-state index contributed by atoms with van der Waals surface area (Å²) in [6.45, 7) is 5.32. The van der Waals surface area contributed by atoms with E-state index in [1.54, 1.807) is 6.92 Å². The monoisotopic (exact) mass is 246 g/mol. The van der Waals surface area contributed by atoms with Crippen molar-refractivity contribution in [1.29, 1.82) is 0 Å². The van der Waals surface area contributed by atoms with Crippen LogP contribution in [-0.2, 0) is 4.79 Å². The molecule has 6 heteroatoms. The summed E-state index contributed by atoms with van der Waals surface area (Å²) in [5.41, 5.74) is 0.468. The molecule has 0 radical (unpaired) electrons. The van der Waals surface area contributed by atoms with Crippen LogP contribution >= 0.6 is 7.51 Å². The molecule has 0 rings (SSSR count). The molecule has 16 heavy (non-hydrogen) atoms. The first-order valence-corrected chi connectivity index (χ1v) is 6.61. The van der Waals surface area contributed by atoms with Crippen molar-refractivity contribution in [2.75, 3.05) is 42.3 Å². The van der Waals surface area contributed by atoms with Crippen LogP contribution in [0.3, 0.4) is 0 Å². The van der Waals surface area contributed by atoms with E-state index < -0.39 is 7.51 Å². The summed E-state index contributed by atoms with van der Waals surface area (Å²) in [6.07, 6.45) is 0. The standard InChI is InChI=1S/C10H23N4OP/c1-9(2)10(15)11-16(12(3)4,13(5)6)14(7)8/h1H2,2-8H3. The first kappa shape index (κ1) is 15.5. The van der Waals surface area contributed by atoms with Crippen molar-refractivity contribution in [3.05, 3.63) is 12.2 Å². The maximum absolute atomic E-state index is 11.8. The largest absolute Gasteiger partial charge is 0.274 e. The molecule has 5 nitrogen and oxygen atoms in total. The second-order valence-corrected chi connectivity index (χ2v) is 7.94. The van der Waals surface area contributed by atoms with E-state index in [2.05, 4.69) is 11.3 Å².